The van der Waals surface area contributed by atoms with Crippen LogP contribution in [0.4, 0.5) is 0 Å². The molecule has 4 rings (SSSR count). The maximum atomic E-state index is 12.6. The van der Waals surface area contributed by atoms with Gasteiger partial charge in [-0.15, -0.1) is 10.2 Å². The maximum Gasteiger partial charge on any atom is 0.360 e. The molecule has 0 spiro atoms. The molecule has 1 N–H and O–H groups in total. The molecular weight excluding hydrogens is 376 g/mol. The Balaban J connectivity index is 1.55. The minimum Gasteiger partial charge on any atom is -0.497 e. The normalized spacial score (nSPS) is 11.9. The second-order valence-corrected chi connectivity index (χ2v) is 6.17. The Kier molecular flexibility index (Phi) is 4.78. The van der Waals surface area contributed by atoms with E-state index in [4.69, 9.17) is 13.9 Å². The Labute approximate surface area is 164 Å². The number of nitrogens with zero attached hydrogens (tertiary/aromatic N) is 3. The molecule has 9 nitrogen and oxygen atoms in total. The number of carbonyl (C=O) groups excluding carboxylic acids is 1. The van der Waals surface area contributed by atoms with E-state index >= 15 is 0 Å². The van der Waals surface area contributed by atoms with Gasteiger partial charge in [0.2, 0.25) is 5.89 Å². The molecule has 29 heavy (non-hydrogen) atoms. The first-order valence-corrected chi connectivity index (χ1v) is 8.73. The summed E-state index contributed by atoms with van der Waals surface area (Å²) in [6, 6.07) is 13.8. The highest BCUT2D eigenvalue weighted by molar-refractivity contribution is 6.02. The van der Waals surface area contributed by atoms with Crippen molar-refractivity contribution < 1.29 is 18.7 Å². The summed E-state index contributed by atoms with van der Waals surface area (Å²) in [5.41, 5.74) is 0.324. The summed E-state index contributed by atoms with van der Waals surface area (Å²) in [4.78, 5) is 24.5. The fourth-order valence-corrected chi connectivity index (χ4v) is 2.79. The Bertz CT molecular complexity index is 1230. The van der Waals surface area contributed by atoms with Gasteiger partial charge in [-0.25, -0.2) is 9.89 Å². The van der Waals surface area contributed by atoms with Crippen molar-refractivity contribution in [3.8, 4) is 17.2 Å². The van der Waals surface area contributed by atoms with Crippen LogP contribution in [-0.4, -0.2) is 33.5 Å². The van der Waals surface area contributed by atoms with Gasteiger partial charge in [0, 0.05) is 10.9 Å². The standard InChI is InChI=1S/C20H16N4O5/c1-11(18-23-24-19(29-18)12-7-9-13(27-2)10-8-12)28-20(26)16-14-5-3-4-6-15(14)17(25)22-21-16/h3-11H,1-2H3,(H,22,25). The SMILES string of the molecule is COc1ccc(-c2nnc(C(C)OC(=O)c3n[nH]c(=O)c4ccccc34)o2)cc1. The van der Waals surface area contributed by atoms with Crippen LogP contribution in [0.3, 0.4) is 0 Å². The molecule has 2 aromatic heterocycles. The number of hydrogen-bond donors (Lipinski definition) is 1. The third-order valence-electron chi connectivity index (χ3n) is 4.30. The number of ether oxygens (including phenoxy) is 2. The van der Waals surface area contributed by atoms with Crippen molar-refractivity contribution >= 4 is 16.7 Å². The van der Waals surface area contributed by atoms with Gasteiger partial charge in [-0.1, -0.05) is 18.2 Å². The fraction of sp³-hybridized carbons (Fsp3) is 0.150. The number of aromatic amines is 1. The summed E-state index contributed by atoms with van der Waals surface area (Å²) in [5.74, 6) is 0.418. The molecule has 0 aliphatic carbocycles. The van der Waals surface area contributed by atoms with Crippen LogP contribution in [0.15, 0.2) is 57.7 Å². The topological polar surface area (TPSA) is 120 Å². The molecule has 2 heterocycles. The van der Waals surface area contributed by atoms with Gasteiger partial charge in [-0.2, -0.15) is 5.10 Å². The number of hydrogen-bond acceptors (Lipinski definition) is 8. The first kappa shape index (κ1) is 18.4. The van der Waals surface area contributed by atoms with Gasteiger partial charge in [-0.05, 0) is 37.3 Å². The van der Waals surface area contributed by atoms with Gasteiger partial charge in [0.1, 0.15) is 5.75 Å². The summed E-state index contributed by atoms with van der Waals surface area (Å²) >= 11 is 0. The van der Waals surface area contributed by atoms with Crippen molar-refractivity contribution in [3.63, 3.8) is 0 Å². The quantitative estimate of drug-likeness (QED) is 0.515. The molecule has 1 atom stereocenters. The first-order chi connectivity index (χ1) is 14.1. The number of nitrogens with one attached hydrogen (secondary N) is 1. The lowest BCUT2D eigenvalue weighted by atomic mass is 10.1. The van der Waals surface area contributed by atoms with Crippen LogP contribution < -0.4 is 10.3 Å². The molecule has 2 aromatic carbocycles. The molecule has 0 fully saturated rings. The lowest BCUT2D eigenvalue weighted by Gasteiger charge is -2.10. The number of benzene rings is 2. The van der Waals surface area contributed by atoms with Gasteiger partial charge in [-0.3, -0.25) is 4.79 Å². The van der Waals surface area contributed by atoms with Crippen LogP contribution in [0.1, 0.15) is 29.4 Å². The van der Waals surface area contributed by atoms with Crippen LogP contribution in [0.2, 0.25) is 0 Å². The van der Waals surface area contributed by atoms with E-state index in [-0.39, 0.29) is 23.0 Å². The second kappa shape index (κ2) is 7.55. The minimum absolute atomic E-state index is 0.00180. The lowest BCUT2D eigenvalue weighted by molar-refractivity contribution is 0.0274. The zero-order valence-electron chi connectivity index (χ0n) is 15.6. The van der Waals surface area contributed by atoms with E-state index in [0.717, 1.165) is 0 Å². The Morgan fingerprint density at radius 2 is 1.79 bits per heavy atom. The molecule has 0 saturated heterocycles. The fourth-order valence-electron chi connectivity index (χ4n) is 2.79. The third kappa shape index (κ3) is 3.57. The van der Waals surface area contributed by atoms with Crippen LogP contribution in [0.5, 0.6) is 5.75 Å². The number of carbonyl (C=O) groups is 1. The van der Waals surface area contributed by atoms with E-state index < -0.39 is 12.1 Å². The van der Waals surface area contributed by atoms with Crippen LogP contribution in [-0.2, 0) is 4.74 Å². The van der Waals surface area contributed by atoms with Gasteiger partial charge < -0.3 is 13.9 Å². The highest BCUT2D eigenvalue weighted by Crippen LogP contribution is 2.25. The number of aromatic nitrogens is 4. The number of H-pyrrole nitrogens is 1. The summed E-state index contributed by atoms with van der Waals surface area (Å²) in [7, 11) is 1.58. The van der Waals surface area contributed by atoms with E-state index in [1.807, 2.05) is 0 Å². The third-order valence-corrected chi connectivity index (χ3v) is 4.30. The molecule has 0 bridgehead atoms. The van der Waals surface area contributed by atoms with Crippen LogP contribution >= 0.6 is 0 Å². The van der Waals surface area contributed by atoms with E-state index in [2.05, 4.69) is 20.4 Å². The number of fused-ring (bicyclic) bond motifs is 1. The van der Waals surface area contributed by atoms with E-state index in [0.29, 0.717) is 22.1 Å². The van der Waals surface area contributed by atoms with Gasteiger partial charge in [0.15, 0.2) is 11.8 Å². The van der Waals surface area contributed by atoms with Crippen molar-refractivity contribution in [2.75, 3.05) is 7.11 Å². The number of rotatable bonds is 5. The second-order valence-electron chi connectivity index (χ2n) is 6.17. The Morgan fingerprint density at radius 3 is 2.52 bits per heavy atom. The van der Waals surface area contributed by atoms with E-state index in [9.17, 15) is 9.59 Å². The zero-order valence-corrected chi connectivity index (χ0v) is 15.6. The molecule has 0 amide bonds. The lowest BCUT2D eigenvalue weighted by Crippen LogP contribution is -2.17. The van der Waals surface area contributed by atoms with Crippen LogP contribution in [0.25, 0.3) is 22.2 Å². The van der Waals surface area contributed by atoms with Gasteiger partial charge in [0.25, 0.3) is 11.4 Å². The monoisotopic (exact) mass is 392 g/mol. The smallest absolute Gasteiger partial charge is 0.360 e. The summed E-state index contributed by atoms with van der Waals surface area (Å²) in [6.45, 7) is 1.61. The van der Waals surface area contributed by atoms with Gasteiger partial charge in [0.05, 0.1) is 12.5 Å². The predicted molar refractivity (Wildman–Crippen MR) is 102 cm³/mol. The molecule has 4 aromatic rings. The van der Waals surface area contributed by atoms with E-state index in [1.165, 1.54) is 0 Å². The van der Waals surface area contributed by atoms with Gasteiger partial charge >= 0.3 is 5.97 Å². The Hall–Kier alpha value is -4.01. The maximum absolute atomic E-state index is 12.6. The van der Waals surface area contributed by atoms with Crippen molar-refractivity contribution in [1.29, 1.82) is 0 Å². The molecule has 0 aliphatic rings. The average molecular weight is 392 g/mol. The highest BCUT2D eigenvalue weighted by Gasteiger charge is 2.22. The largest absolute Gasteiger partial charge is 0.497 e. The number of esters is 1. The summed E-state index contributed by atoms with van der Waals surface area (Å²) in [5, 5.41) is 14.8. The number of methoxy groups -OCH3 is 1. The Morgan fingerprint density at radius 1 is 1.07 bits per heavy atom. The molecule has 9 heteroatoms. The molecule has 0 aliphatic heterocycles. The summed E-state index contributed by atoms with van der Waals surface area (Å²) < 4.78 is 16.2. The van der Waals surface area contributed by atoms with Crippen molar-refractivity contribution in [2.24, 2.45) is 0 Å². The summed E-state index contributed by atoms with van der Waals surface area (Å²) in [6.07, 6.45) is -0.811. The van der Waals surface area contributed by atoms with E-state index in [1.54, 1.807) is 62.6 Å². The van der Waals surface area contributed by atoms with Crippen molar-refractivity contribution in [1.82, 2.24) is 20.4 Å². The average Bonchev–Trinajstić information content (AvgIpc) is 3.24. The first-order valence-electron chi connectivity index (χ1n) is 8.73. The molecule has 0 saturated carbocycles. The minimum atomic E-state index is -0.811. The molecule has 1 unspecified atom stereocenters. The molecule has 0 radical (unpaired) electrons. The van der Waals surface area contributed by atoms with Crippen molar-refractivity contribution in [3.05, 3.63) is 70.5 Å². The highest BCUT2D eigenvalue weighted by atomic mass is 16.6. The molecular formula is C20H16N4O5. The van der Waals surface area contributed by atoms with Crippen molar-refractivity contribution in [2.45, 2.75) is 13.0 Å². The molecule has 146 valence electrons. The zero-order chi connectivity index (χ0) is 20.4. The predicted octanol–water partition coefficient (Wildman–Crippen LogP) is 2.90. The van der Waals surface area contributed by atoms with Crippen LogP contribution in [0, 0.1) is 0 Å².